The fourth-order valence-corrected chi connectivity index (χ4v) is 2.64. The van der Waals surface area contributed by atoms with Gasteiger partial charge in [-0.25, -0.2) is 0 Å². The summed E-state index contributed by atoms with van der Waals surface area (Å²) in [5.41, 5.74) is 2.73. The summed E-state index contributed by atoms with van der Waals surface area (Å²) in [6.07, 6.45) is -4.01. The van der Waals surface area contributed by atoms with E-state index in [0.717, 1.165) is 11.1 Å². The fraction of sp³-hybridized carbons (Fsp3) is 0.533. The molecule has 2 N–H and O–H groups in total. The van der Waals surface area contributed by atoms with Gasteiger partial charge in [0.1, 0.15) is 0 Å². The van der Waals surface area contributed by atoms with E-state index in [1.165, 1.54) is 0 Å². The van der Waals surface area contributed by atoms with Crippen LogP contribution in [0.3, 0.4) is 0 Å². The van der Waals surface area contributed by atoms with Crippen LogP contribution in [0.25, 0.3) is 0 Å². The molecule has 21 heavy (non-hydrogen) atoms. The van der Waals surface area contributed by atoms with Crippen LogP contribution in [0.5, 0.6) is 0 Å². The Morgan fingerprint density at radius 1 is 1.19 bits per heavy atom. The molecule has 1 heterocycles. The van der Waals surface area contributed by atoms with Crippen molar-refractivity contribution in [3.8, 4) is 0 Å². The average molecular weight is 300 g/mol. The molecule has 0 aromatic heterocycles. The first-order chi connectivity index (χ1) is 9.75. The zero-order valence-electron chi connectivity index (χ0n) is 12.1. The second kappa shape index (κ2) is 6.05. The van der Waals surface area contributed by atoms with Crippen molar-refractivity contribution in [2.75, 3.05) is 11.9 Å². The summed E-state index contributed by atoms with van der Waals surface area (Å²) >= 11 is 0. The number of benzene rings is 1. The number of carbonyl (C=O) groups excluding carboxylic acids is 1. The molecule has 3 nitrogen and oxygen atoms in total. The molecule has 0 bridgehead atoms. The van der Waals surface area contributed by atoms with Gasteiger partial charge in [0.25, 0.3) is 0 Å². The van der Waals surface area contributed by atoms with E-state index in [1.54, 1.807) is 0 Å². The summed E-state index contributed by atoms with van der Waals surface area (Å²) in [6, 6.07) is 5.10. The zero-order valence-corrected chi connectivity index (χ0v) is 12.1. The maximum absolute atomic E-state index is 12.6. The van der Waals surface area contributed by atoms with Gasteiger partial charge in [0.05, 0.1) is 12.0 Å². The van der Waals surface area contributed by atoms with Crippen LogP contribution in [0.4, 0.5) is 18.9 Å². The molecule has 0 radical (unpaired) electrons. The molecular formula is C15H19F3N2O. The number of aryl methyl sites for hydroxylation is 2. The minimum atomic E-state index is -4.19. The van der Waals surface area contributed by atoms with Crippen molar-refractivity contribution >= 4 is 11.6 Å². The molecule has 1 fully saturated rings. The lowest BCUT2D eigenvalue weighted by molar-refractivity contribution is -0.180. The van der Waals surface area contributed by atoms with E-state index in [-0.39, 0.29) is 25.3 Å². The van der Waals surface area contributed by atoms with Crippen LogP contribution >= 0.6 is 0 Å². The van der Waals surface area contributed by atoms with Crippen LogP contribution in [-0.2, 0) is 4.79 Å². The van der Waals surface area contributed by atoms with Crippen molar-refractivity contribution in [2.24, 2.45) is 5.92 Å². The van der Waals surface area contributed by atoms with Crippen molar-refractivity contribution in [1.82, 2.24) is 5.32 Å². The maximum Gasteiger partial charge on any atom is 0.393 e. The smallest absolute Gasteiger partial charge is 0.325 e. The standard InChI is InChI=1S/C15H19F3N2O/c1-9-5-10(2)7-12(6-9)20-14(21)13-4-3-11(8-19-13)15(16,17)18/h5-7,11,13,19H,3-4,8H2,1-2H3,(H,20,21). The van der Waals surface area contributed by atoms with Gasteiger partial charge in [-0.05, 0) is 49.9 Å². The van der Waals surface area contributed by atoms with E-state index in [9.17, 15) is 18.0 Å². The summed E-state index contributed by atoms with van der Waals surface area (Å²) in [5, 5.41) is 5.46. The molecule has 2 atom stereocenters. The quantitative estimate of drug-likeness (QED) is 0.881. The Balaban J connectivity index is 1.93. The monoisotopic (exact) mass is 300 g/mol. The zero-order chi connectivity index (χ0) is 15.6. The van der Waals surface area contributed by atoms with Crippen LogP contribution in [-0.4, -0.2) is 24.7 Å². The third-order valence-electron chi connectivity index (χ3n) is 3.68. The third kappa shape index (κ3) is 4.20. The number of anilines is 1. The number of piperidine rings is 1. The summed E-state index contributed by atoms with van der Waals surface area (Å²) in [5.74, 6) is -1.64. The lowest BCUT2D eigenvalue weighted by atomic mass is 9.94. The molecule has 1 aliphatic heterocycles. The first-order valence-corrected chi connectivity index (χ1v) is 6.95. The van der Waals surface area contributed by atoms with Gasteiger partial charge in [0, 0.05) is 12.2 Å². The van der Waals surface area contributed by atoms with Crippen LogP contribution in [0, 0.1) is 19.8 Å². The van der Waals surface area contributed by atoms with Gasteiger partial charge in [-0.3, -0.25) is 4.79 Å². The van der Waals surface area contributed by atoms with E-state index < -0.39 is 18.1 Å². The number of alkyl halides is 3. The Morgan fingerprint density at radius 3 is 2.29 bits per heavy atom. The van der Waals surface area contributed by atoms with E-state index in [0.29, 0.717) is 5.69 Å². The second-order valence-corrected chi connectivity index (χ2v) is 5.64. The fourth-order valence-electron chi connectivity index (χ4n) is 2.64. The van der Waals surface area contributed by atoms with Crippen molar-refractivity contribution < 1.29 is 18.0 Å². The van der Waals surface area contributed by atoms with Crippen LogP contribution in [0.15, 0.2) is 18.2 Å². The summed E-state index contributed by atoms with van der Waals surface area (Å²) in [4.78, 5) is 12.1. The maximum atomic E-state index is 12.6. The lowest BCUT2D eigenvalue weighted by Crippen LogP contribution is -2.49. The highest BCUT2D eigenvalue weighted by atomic mass is 19.4. The lowest BCUT2D eigenvalue weighted by Gasteiger charge is -2.30. The molecule has 0 spiro atoms. The summed E-state index contributed by atoms with van der Waals surface area (Å²) < 4.78 is 37.7. The Labute approximate surface area is 121 Å². The number of amides is 1. The molecule has 0 aliphatic carbocycles. The van der Waals surface area contributed by atoms with Crippen LogP contribution in [0.2, 0.25) is 0 Å². The molecule has 1 saturated heterocycles. The number of carbonyl (C=O) groups is 1. The number of rotatable bonds is 2. The molecule has 1 aliphatic rings. The number of hydrogen-bond acceptors (Lipinski definition) is 2. The Bertz CT molecular complexity index is 500. The molecule has 1 aromatic rings. The highest BCUT2D eigenvalue weighted by Crippen LogP contribution is 2.32. The molecular weight excluding hydrogens is 281 g/mol. The van der Waals surface area contributed by atoms with Gasteiger partial charge in [-0.2, -0.15) is 13.2 Å². The van der Waals surface area contributed by atoms with E-state index in [4.69, 9.17) is 0 Å². The second-order valence-electron chi connectivity index (χ2n) is 5.64. The summed E-state index contributed by atoms with van der Waals surface area (Å²) in [6.45, 7) is 3.65. The molecule has 1 amide bonds. The normalized spacial score (nSPS) is 22.9. The van der Waals surface area contributed by atoms with Gasteiger partial charge in [-0.15, -0.1) is 0 Å². The van der Waals surface area contributed by atoms with Crippen molar-refractivity contribution in [2.45, 2.75) is 38.9 Å². The summed E-state index contributed by atoms with van der Waals surface area (Å²) in [7, 11) is 0. The number of halogens is 3. The molecule has 0 saturated carbocycles. The molecule has 2 unspecified atom stereocenters. The largest absolute Gasteiger partial charge is 0.393 e. The molecule has 1 aromatic carbocycles. The topological polar surface area (TPSA) is 41.1 Å². The minimum absolute atomic E-state index is 0.0125. The van der Waals surface area contributed by atoms with Crippen molar-refractivity contribution in [3.05, 3.63) is 29.3 Å². The molecule has 6 heteroatoms. The highest BCUT2D eigenvalue weighted by Gasteiger charge is 2.42. The number of hydrogen-bond donors (Lipinski definition) is 2. The Morgan fingerprint density at radius 2 is 1.81 bits per heavy atom. The van der Waals surface area contributed by atoms with E-state index in [2.05, 4.69) is 10.6 Å². The van der Waals surface area contributed by atoms with E-state index >= 15 is 0 Å². The molecule has 2 rings (SSSR count). The first kappa shape index (κ1) is 15.8. The van der Waals surface area contributed by atoms with Gasteiger partial charge in [-0.1, -0.05) is 6.07 Å². The minimum Gasteiger partial charge on any atom is -0.325 e. The van der Waals surface area contributed by atoms with Gasteiger partial charge in [0.15, 0.2) is 0 Å². The van der Waals surface area contributed by atoms with Crippen molar-refractivity contribution in [1.29, 1.82) is 0 Å². The highest BCUT2D eigenvalue weighted by molar-refractivity contribution is 5.95. The van der Waals surface area contributed by atoms with Crippen molar-refractivity contribution in [3.63, 3.8) is 0 Å². The van der Waals surface area contributed by atoms with Gasteiger partial charge >= 0.3 is 6.18 Å². The van der Waals surface area contributed by atoms with E-state index in [1.807, 2.05) is 32.0 Å². The van der Waals surface area contributed by atoms with Gasteiger partial charge in [0.2, 0.25) is 5.91 Å². The Kier molecular flexibility index (Phi) is 4.56. The first-order valence-electron chi connectivity index (χ1n) is 6.95. The number of nitrogens with one attached hydrogen (secondary N) is 2. The predicted octanol–water partition coefficient (Wildman–Crippen LogP) is 3.17. The SMILES string of the molecule is Cc1cc(C)cc(NC(=O)C2CCC(C(F)(F)F)CN2)c1. The Hall–Kier alpha value is -1.56. The predicted molar refractivity (Wildman–Crippen MR) is 75.1 cm³/mol. The van der Waals surface area contributed by atoms with Crippen LogP contribution < -0.4 is 10.6 Å². The van der Waals surface area contributed by atoms with Crippen LogP contribution in [0.1, 0.15) is 24.0 Å². The molecule has 116 valence electrons. The third-order valence-corrected chi connectivity index (χ3v) is 3.68. The average Bonchev–Trinajstić information content (AvgIpc) is 2.36. The van der Waals surface area contributed by atoms with Gasteiger partial charge < -0.3 is 10.6 Å².